The van der Waals surface area contributed by atoms with Crippen molar-refractivity contribution in [3.05, 3.63) is 64.1 Å². The first-order valence-corrected chi connectivity index (χ1v) is 5.47. The topological polar surface area (TPSA) is 72.2 Å². The molecule has 0 saturated carbocycles. The molecule has 0 aliphatic heterocycles. The van der Waals surface area contributed by atoms with Crippen LogP contribution >= 0.6 is 0 Å². The molecule has 0 aliphatic carbocycles. The van der Waals surface area contributed by atoms with Crippen molar-refractivity contribution in [2.24, 2.45) is 0 Å². The van der Waals surface area contributed by atoms with Gasteiger partial charge in [-0.25, -0.2) is 4.68 Å². The minimum absolute atomic E-state index is 0.0578. The van der Waals surface area contributed by atoms with E-state index in [1.165, 1.54) is 16.9 Å². The van der Waals surface area contributed by atoms with Gasteiger partial charge in [-0.2, -0.15) is 5.10 Å². The van der Waals surface area contributed by atoms with E-state index in [0.717, 1.165) is 5.56 Å². The summed E-state index contributed by atoms with van der Waals surface area (Å²) in [5, 5.41) is 12.8. The molecular weight excluding hydrogens is 232 g/mol. The summed E-state index contributed by atoms with van der Waals surface area (Å²) in [4.78, 5) is 22.3. The molecule has 0 amide bonds. The molecule has 2 rings (SSSR count). The Hall–Kier alpha value is -2.43. The van der Waals surface area contributed by atoms with Gasteiger partial charge in [0.05, 0.1) is 13.0 Å². The second-order valence-corrected chi connectivity index (χ2v) is 3.86. The predicted molar refractivity (Wildman–Crippen MR) is 65.4 cm³/mol. The molecule has 0 aliphatic rings. The highest BCUT2D eigenvalue weighted by Gasteiger charge is 2.07. The molecule has 5 heteroatoms. The van der Waals surface area contributed by atoms with E-state index in [2.05, 4.69) is 5.10 Å². The summed E-state index contributed by atoms with van der Waals surface area (Å²) in [5.74, 6) is -0.893. The molecule has 0 unspecified atom stereocenters. The van der Waals surface area contributed by atoms with Crippen molar-refractivity contribution in [3.8, 4) is 0 Å². The lowest BCUT2D eigenvalue weighted by atomic mass is 10.0. The van der Waals surface area contributed by atoms with Gasteiger partial charge in [-0.05, 0) is 17.2 Å². The SMILES string of the molecule is O=C(O)Cc1ccccc1Cn1ncccc1=O. The van der Waals surface area contributed by atoms with E-state index in [1.54, 1.807) is 24.3 Å². The predicted octanol–water partition coefficient (Wildman–Crippen LogP) is 0.919. The van der Waals surface area contributed by atoms with Crippen LogP contribution in [0.4, 0.5) is 0 Å². The molecule has 0 spiro atoms. The normalized spacial score (nSPS) is 10.2. The highest BCUT2D eigenvalue weighted by atomic mass is 16.4. The number of carbonyl (C=O) groups is 1. The van der Waals surface area contributed by atoms with Crippen LogP contribution in [0.1, 0.15) is 11.1 Å². The van der Waals surface area contributed by atoms with Crippen molar-refractivity contribution in [1.82, 2.24) is 9.78 Å². The Bertz CT molecular complexity index is 619. The standard InChI is InChI=1S/C13H12N2O3/c16-12-6-3-7-14-15(12)9-11-5-2-1-4-10(11)8-13(17)18/h1-7H,8-9H2,(H,17,18). The smallest absolute Gasteiger partial charge is 0.307 e. The number of carboxylic acid groups (broad SMARTS) is 1. The molecule has 1 N–H and O–H groups in total. The Morgan fingerprint density at radius 3 is 2.56 bits per heavy atom. The van der Waals surface area contributed by atoms with Crippen LogP contribution in [0.25, 0.3) is 0 Å². The Kier molecular flexibility index (Phi) is 3.52. The summed E-state index contributed by atoms with van der Waals surface area (Å²) in [6.07, 6.45) is 1.47. The van der Waals surface area contributed by atoms with Crippen LogP contribution in [-0.4, -0.2) is 20.9 Å². The quantitative estimate of drug-likeness (QED) is 0.868. The van der Waals surface area contributed by atoms with Crippen molar-refractivity contribution >= 4 is 5.97 Å². The fourth-order valence-electron chi connectivity index (χ4n) is 1.71. The van der Waals surface area contributed by atoms with Crippen LogP contribution in [0.5, 0.6) is 0 Å². The van der Waals surface area contributed by atoms with Crippen LogP contribution in [-0.2, 0) is 17.8 Å². The fraction of sp³-hybridized carbons (Fsp3) is 0.154. The summed E-state index contributed by atoms with van der Waals surface area (Å²) < 4.78 is 1.31. The number of rotatable bonds is 4. The zero-order chi connectivity index (χ0) is 13.0. The number of hydrogen-bond acceptors (Lipinski definition) is 3. The van der Waals surface area contributed by atoms with Gasteiger partial charge in [-0.3, -0.25) is 9.59 Å². The van der Waals surface area contributed by atoms with Crippen LogP contribution in [0.3, 0.4) is 0 Å². The van der Waals surface area contributed by atoms with E-state index in [9.17, 15) is 9.59 Å². The Morgan fingerprint density at radius 2 is 1.89 bits per heavy atom. The largest absolute Gasteiger partial charge is 0.481 e. The van der Waals surface area contributed by atoms with E-state index in [0.29, 0.717) is 5.56 Å². The average Bonchev–Trinajstić information content (AvgIpc) is 2.34. The zero-order valence-corrected chi connectivity index (χ0v) is 9.61. The summed E-state index contributed by atoms with van der Waals surface area (Å²) in [6.45, 7) is 0.281. The second kappa shape index (κ2) is 5.27. The third-order valence-corrected chi connectivity index (χ3v) is 2.57. The van der Waals surface area contributed by atoms with Crippen molar-refractivity contribution in [1.29, 1.82) is 0 Å². The van der Waals surface area contributed by atoms with Crippen molar-refractivity contribution in [2.45, 2.75) is 13.0 Å². The van der Waals surface area contributed by atoms with Crippen LogP contribution in [0.15, 0.2) is 47.4 Å². The van der Waals surface area contributed by atoms with Crippen LogP contribution < -0.4 is 5.56 Å². The Balaban J connectivity index is 2.32. The molecule has 0 bridgehead atoms. The van der Waals surface area contributed by atoms with Gasteiger partial charge in [0.25, 0.3) is 5.56 Å². The van der Waals surface area contributed by atoms with Gasteiger partial charge >= 0.3 is 5.97 Å². The van der Waals surface area contributed by atoms with Crippen molar-refractivity contribution in [3.63, 3.8) is 0 Å². The zero-order valence-electron chi connectivity index (χ0n) is 9.61. The fourth-order valence-corrected chi connectivity index (χ4v) is 1.71. The molecule has 1 aromatic heterocycles. The molecular formula is C13H12N2O3. The summed E-state index contributed by atoms with van der Waals surface area (Å²) in [7, 11) is 0. The van der Waals surface area contributed by atoms with Crippen molar-refractivity contribution < 1.29 is 9.90 Å². The van der Waals surface area contributed by atoms with E-state index >= 15 is 0 Å². The first-order valence-electron chi connectivity index (χ1n) is 5.47. The minimum atomic E-state index is -0.893. The molecule has 5 nitrogen and oxygen atoms in total. The number of hydrogen-bond donors (Lipinski definition) is 1. The average molecular weight is 244 g/mol. The minimum Gasteiger partial charge on any atom is -0.481 e. The number of aromatic nitrogens is 2. The van der Waals surface area contributed by atoms with Gasteiger partial charge in [-0.1, -0.05) is 24.3 Å². The van der Waals surface area contributed by atoms with E-state index in [4.69, 9.17) is 5.11 Å². The summed E-state index contributed by atoms with van der Waals surface area (Å²) in [5.41, 5.74) is 1.28. The van der Waals surface area contributed by atoms with Gasteiger partial charge in [0.15, 0.2) is 0 Å². The maximum absolute atomic E-state index is 11.5. The molecule has 92 valence electrons. The maximum Gasteiger partial charge on any atom is 0.307 e. The summed E-state index contributed by atoms with van der Waals surface area (Å²) in [6, 6.07) is 10.1. The number of nitrogens with zero attached hydrogens (tertiary/aromatic N) is 2. The Morgan fingerprint density at radius 1 is 1.17 bits per heavy atom. The van der Waals surface area contributed by atoms with Crippen LogP contribution in [0.2, 0.25) is 0 Å². The van der Waals surface area contributed by atoms with Gasteiger partial charge in [0.2, 0.25) is 0 Å². The Labute approximate surface area is 103 Å². The lowest BCUT2D eigenvalue weighted by molar-refractivity contribution is -0.136. The van der Waals surface area contributed by atoms with E-state index in [1.807, 2.05) is 6.07 Å². The lowest BCUT2D eigenvalue weighted by Crippen LogP contribution is -2.22. The van der Waals surface area contributed by atoms with E-state index in [-0.39, 0.29) is 18.5 Å². The maximum atomic E-state index is 11.5. The molecule has 0 radical (unpaired) electrons. The number of aliphatic carboxylic acids is 1. The van der Waals surface area contributed by atoms with E-state index < -0.39 is 5.97 Å². The number of carboxylic acids is 1. The lowest BCUT2D eigenvalue weighted by Gasteiger charge is -2.08. The van der Waals surface area contributed by atoms with Gasteiger partial charge in [-0.15, -0.1) is 0 Å². The molecule has 1 aromatic carbocycles. The van der Waals surface area contributed by atoms with Gasteiger partial charge in [0, 0.05) is 12.3 Å². The molecule has 0 saturated heterocycles. The highest BCUT2D eigenvalue weighted by Crippen LogP contribution is 2.10. The van der Waals surface area contributed by atoms with Gasteiger partial charge in [0.1, 0.15) is 0 Å². The highest BCUT2D eigenvalue weighted by molar-refractivity contribution is 5.70. The molecule has 2 aromatic rings. The molecule has 0 atom stereocenters. The molecule has 1 heterocycles. The second-order valence-electron chi connectivity index (χ2n) is 3.86. The first-order chi connectivity index (χ1) is 8.66. The third kappa shape index (κ3) is 2.82. The van der Waals surface area contributed by atoms with Crippen molar-refractivity contribution in [2.75, 3.05) is 0 Å². The monoisotopic (exact) mass is 244 g/mol. The molecule has 0 fully saturated rings. The first kappa shape index (κ1) is 12.0. The molecule has 18 heavy (non-hydrogen) atoms. The van der Waals surface area contributed by atoms with Crippen LogP contribution in [0, 0.1) is 0 Å². The third-order valence-electron chi connectivity index (χ3n) is 2.57. The van der Waals surface area contributed by atoms with Gasteiger partial charge < -0.3 is 5.11 Å². The number of benzene rings is 1. The summed E-state index contributed by atoms with van der Waals surface area (Å²) >= 11 is 0.